The molecule has 2 aliphatic heterocycles. The first-order chi connectivity index (χ1) is 10.7. The smallest absolute Gasteiger partial charge is 0.227 e. The van der Waals surface area contributed by atoms with Crippen LogP contribution in [-0.4, -0.2) is 35.7 Å². The van der Waals surface area contributed by atoms with Crippen LogP contribution in [0.15, 0.2) is 29.8 Å². The van der Waals surface area contributed by atoms with Crippen molar-refractivity contribution in [3.05, 3.63) is 35.3 Å². The highest BCUT2D eigenvalue weighted by molar-refractivity contribution is 7.13. The van der Waals surface area contributed by atoms with Crippen LogP contribution in [-0.2, 0) is 4.79 Å². The lowest BCUT2D eigenvalue weighted by atomic mass is 9.86. The minimum atomic E-state index is 0.0620. The fraction of sp³-hybridized carbons (Fsp3) is 0.438. The van der Waals surface area contributed by atoms with E-state index >= 15 is 0 Å². The lowest BCUT2D eigenvalue weighted by Crippen LogP contribution is -2.31. The summed E-state index contributed by atoms with van der Waals surface area (Å²) in [5.41, 5.74) is 4.04. The molecule has 0 aliphatic carbocycles. The zero-order chi connectivity index (χ0) is 15.2. The first-order valence-electron chi connectivity index (χ1n) is 7.53. The Bertz CT molecular complexity index is 702. The maximum atomic E-state index is 12.5. The number of benzene rings is 1. The fourth-order valence-electron chi connectivity index (χ4n) is 3.60. The van der Waals surface area contributed by atoms with Gasteiger partial charge in [0.2, 0.25) is 11.0 Å². The number of carbonyl (C=O) groups is 1. The zero-order valence-corrected chi connectivity index (χ0v) is 13.3. The Balaban J connectivity index is 1.55. The standard InChI is InChI=1S/C16H18N4OS/c1-12-3-2-4-13(7-12)20-10-16(8-14(20)21)5-6-19(9-16)15-18-17-11-22-15/h2-4,7,11H,5-6,8-10H2,1H3/t16-/m1/s1. The van der Waals surface area contributed by atoms with E-state index < -0.39 is 0 Å². The van der Waals surface area contributed by atoms with Gasteiger partial charge in [0.25, 0.3) is 0 Å². The lowest BCUT2D eigenvalue weighted by Gasteiger charge is -2.24. The van der Waals surface area contributed by atoms with Crippen LogP contribution in [0.3, 0.4) is 0 Å². The third-order valence-corrected chi connectivity index (χ3v) is 5.44. The van der Waals surface area contributed by atoms with E-state index in [0.717, 1.165) is 36.9 Å². The van der Waals surface area contributed by atoms with Crippen molar-refractivity contribution in [3.8, 4) is 0 Å². The molecule has 4 rings (SSSR count). The fourth-order valence-corrected chi connectivity index (χ4v) is 4.19. The molecule has 2 aliphatic rings. The van der Waals surface area contributed by atoms with Crippen molar-refractivity contribution in [1.82, 2.24) is 10.2 Å². The van der Waals surface area contributed by atoms with Gasteiger partial charge < -0.3 is 9.80 Å². The molecule has 0 saturated carbocycles. The summed E-state index contributed by atoms with van der Waals surface area (Å²) < 4.78 is 0. The van der Waals surface area contributed by atoms with E-state index in [4.69, 9.17) is 0 Å². The molecule has 114 valence electrons. The van der Waals surface area contributed by atoms with Gasteiger partial charge in [-0.1, -0.05) is 23.5 Å². The number of rotatable bonds is 2. The van der Waals surface area contributed by atoms with E-state index in [-0.39, 0.29) is 11.3 Å². The molecule has 1 atom stereocenters. The molecule has 2 saturated heterocycles. The van der Waals surface area contributed by atoms with E-state index in [2.05, 4.69) is 34.2 Å². The lowest BCUT2D eigenvalue weighted by molar-refractivity contribution is -0.117. The Labute approximate surface area is 133 Å². The average molecular weight is 314 g/mol. The molecule has 0 unspecified atom stereocenters. The van der Waals surface area contributed by atoms with E-state index in [1.807, 2.05) is 17.0 Å². The number of hydrogen-bond acceptors (Lipinski definition) is 5. The van der Waals surface area contributed by atoms with E-state index in [9.17, 15) is 4.79 Å². The summed E-state index contributed by atoms with van der Waals surface area (Å²) in [4.78, 5) is 16.7. The van der Waals surface area contributed by atoms with Crippen molar-refractivity contribution in [2.45, 2.75) is 19.8 Å². The van der Waals surface area contributed by atoms with Gasteiger partial charge in [-0.25, -0.2) is 0 Å². The summed E-state index contributed by atoms with van der Waals surface area (Å²) in [7, 11) is 0. The highest BCUT2D eigenvalue weighted by atomic mass is 32.1. The van der Waals surface area contributed by atoms with Crippen LogP contribution in [0.5, 0.6) is 0 Å². The Morgan fingerprint density at radius 2 is 2.23 bits per heavy atom. The number of anilines is 2. The van der Waals surface area contributed by atoms with Gasteiger partial charge in [0, 0.05) is 37.2 Å². The molecule has 22 heavy (non-hydrogen) atoms. The molecular formula is C16H18N4OS. The quantitative estimate of drug-likeness (QED) is 0.854. The Kier molecular flexibility index (Phi) is 3.14. The molecule has 2 aromatic rings. The number of aryl methyl sites for hydroxylation is 1. The summed E-state index contributed by atoms with van der Waals surface area (Å²) in [6, 6.07) is 8.20. The van der Waals surface area contributed by atoms with Crippen molar-refractivity contribution in [3.63, 3.8) is 0 Å². The minimum Gasteiger partial charge on any atom is -0.346 e. The minimum absolute atomic E-state index is 0.0620. The third kappa shape index (κ3) is 2.27. The van der Waals surface area contributed by atoms with Crippen molar-refractivity contribution in [1.29, 1.82) is 0 Å². The number of carbonyl (C=O) groups excluding carboxylic acids is 1. The summed E-state index contributed by atoms with van der Waals surface area (Å²) in [6.45, 7) is 4.73. The maximum absolute atomic E-state index is 12.5. The summed E-state index contributed by atoms with van der Waals surface area (Å²) in [6.07, 6.45) is 1.68. The van der Waals surface area contributed by atoms with Crippen molar-refractivity contribution in [2.75, 3.05) is 29.4 Å². The topological polar surface area (TPSA) is 49.3 Å². The predicted molar refractivity (Wildman–Crippen MR) is 87.3 cm³/mol. The summed E-state index contributed by atoms with van der Waals surface area (Å²) >= 11 is 1.57. The number of nitrogens with zero attached hydrogens (tertiary/aromatic N) is 4. The maximum Gasteiger partial charge on any atom is 0.227 e. The predicted octanol–water partition coefficient (Wildman–Crippen LogP) is 2.48. The largest absolute Gasteiger partial charge is 0.346 e. The van der Waals surface area contributed by atoms with Gasteiger partial charge >= 0.3 is 0 Å². The van der Waals surface area contributed by atoms with Gasteiger partial charge in [0.15, 0.2) is 0 Å². The first-order valence-corrected chi connectivity index (χ1v) is 8.41. The van der Waals surface area contributed by atoms with Crippen LogP contribution in [0.25, 0.3) is 0 Å². The normalized spacial score (nSPS) is 24.7. The van der Waals surface area contributed by atoms with Crippen LogP contribution < -0.4 is 9.80 Å². The molecule has 0 radical (unpaired) electrons. The second-order valence-corrected chi connectivity index (χ2v) is 7.20. The van der Waals surface area contributed by atoms with Gasteiger partial charge in [-0.2, -0.15) is 0 Å². The van der Waals surface area contributed by atoms with E-state index in [1.165, 1.54) is 5.56 Å². The number of hydrogen-bond donors (Lipinski definition) is 0. The number of amides is 1. The Hall–Kier alpha value is -1.95. The Morgan fingerprint density at radius 3 is 3.00 bits per heavy atom. The molecule has 2 fully saturated rings. The Morgan fingerprint density at radius 1 is 1.32 bits per heavy atom. The number of aromatic nitrogens is 2. The van der Waals surface area contributed by atoms with Crippen LogP contribution in [0.4, 0.5) is 10.8 Å². The molecule has 1 spiro atoms. The van der Waals surface area contributed by atoms with Crippen molar-refractivity contribution < 1.29 is 4.79 Å². The van der Waals surface area contributed by atoms with Crippen LogP contribution in [0.2, 0.25) is 0 Å². The molecule has 0 bridgehead atoms. The molecule has 1 aromatic heterocycles. The molecule has 1 aromatic carbocycles. The SMILES string of the molecule is Cc1cccc(N2C[C@]3(CCN(c4nncs4)C3)CC2=O)c1. The van der Waals surface area contributed by atoms with Gasteiger partial charge in [0.05, 0.1) is 0 Å². The summed E-state index contributed by atoms with van der Waals surface area (Å²) in [5, 5.41) is 9.05. The van der Waals surface area contributed by atoms with Gasteiger partial charge in [-0.3, -0.25) is 4.79 Å². The molecule has 5 nitrogen and oxygen atoms in total. The monoisotopic (exact) mass is 314 g/mol. The van der Waals surface area contributed by atoms with Crippen LogP contribution >= 0.6 is 11.3 Å². The van der Waals surface area contributed by atoms with Crippen LogP contribution in [0, 0.1) is 12.3 Å². The summed E-state index contributed by atoms with van der Waals surface area (Å²) in [5.74, 6) is 0.240. The second-order valence-electron chi connectivity index (χ2n) is 6.39. The highest BCUT2D eigenvalue weighted by Crippen LogP contribution is 2.43. The second kappa shape index (κ2) is 5.05. The zero-order valence-electron chi connectivity index (χ0n) is 12.5. The van der Waals surface area contributed by atoms with Gasteiger partial charge in [-0.15, -0.1) is 10.2 Å². The molecule has 6 heteroatoms. The molecular weight excluding hydrogens is 296 g/mol. The van der Waals surface area contributed by atoms with Gasteiger partial charge in [-0.05, 0) is 31.0 Å². The van der Waals surface area contributed by atoms with E-state index in [0.29, 0.717) is 6.42 Å². The molecule has 0 N–H and O–H groups in total. The average Bonchev–Trinajstić information content (AvgIpc) is 3.20. The van der Waals surface area contributed by atoms with Gasteiger partial charge in [0.1, 0.15) is 5.51 Å². The van der Waals surface area contributed by atoms with Crippen molar-refractivity contribution in [2.24, 2.45) is 5.41 Å². The first kappa shape index (κ1) is 13.7. The van der Waals surface area contributed by atoms with Crippen LogP contribution in [0.1, 0.15) is 18.4 Å². The van der Waals surface area contributed by atoms with Crippen molar-refractivity contribution >= 4 is 28.1 Å². The van der Waals surface area contributed by atoms with E-state index in [1.54, 1.807) is 16.8 Å². The highest BCUT2D eigenvalue weighted by Gasteiger charge is 2.48. The third-order valence-electron chi connectivity index (χ3n) is 4.69. The molecule has 1 amide bonds. The molecule has 3 heterocycles.